The molecule has 0 spiro atoms. The number of nitrogens with zero attached hydrogens (tertiary/aromatic N) is 6. The van der Waals surface area contributed by atoms with Crippen molar-refractivity contribution in [3.8, 4) is 22.6 Å². The molecule has 7 nitrogen and oxygen atoms in total. The predicted octanol–water partition coefficient (Wildman–Crippen LogP) is 5.22. The molecule has 0 bridgehead atoms. The van der Waals surface area contributed by atoms with Crippen molar-refractivity contribution >= 4 is 22.3 Å². The van der Waals surface area contributed by atoms with Crippen LogP contribution in [0.2, 0.25) is 0 Å². The zero-order chi connectivity index (χ0) is 24.8. The van der Waals surface area contributed by atoms with Gasteiger partial charge in [0, 0.05) is 29.8 Å². The number of halogens is 1. The molecule has 0 aliphatic rings. The van der Waals surface area contributed by atoms with E-state index >= 15 is 0 Å². The molecule has 6 aromatic rings. The largest absolute Gasteiger partial charge is 0.330 e. The Balaban J connectivity index is 1.36. The lowest BCUT2D eigenvalue weighted by Gasteiger charge is -2.07. The van der Waals surface area contributed by atoms with Gasteiger partial charge in [-0.05, 0) is 55.5 Å². The third-order valence-electron chi connectivity index (χ3n) is 6.32. The number of aromatic nitrogens is 6. The van der Waals surface area contributed by atoms with Gasteiger partial charge >= 0.3 is 0 Å². The SMILES string of the molecule is Cc1nc(-c2ccc(F)cc2)c(-c2ccc3nc(CC(=O)c4cccc5cccnc45)cn3n2)n1C. The third kappa shape index (κ3) is 3.73. The second-order valence-corrected chi connectivity index (χ2v) is 8.66. The first-order chi connectivity index (χ1) is 17.5. The van der Waals surface area contributed by atoms with Gasteiger partial charge in [0.1, 0.15) is 17.3 Å². The minimum absolute atomic E-state index is 0.0521. The van der Waals surface area contributed by atoms with Crippen LogP contribution in [0.15, 0.2) is 79.1 Å². The zero-order valence-corrected chi connectivity index (χ0v) is 19.7. The number of Topliss-reactive ketones (excluding diaryl/α,β-unsaturated/α-hetero) is 1. The Morgan fingerprint density at radius 3 is 2.61 bits per heavy atom. The average molecular weight is 477 g/mol. The Morgan fingerprint density at radius 2 is 1.78 bits per heavy atom. The number of carbonyl (C=O) groups excluding carboxylic acids is 1. The van der Waals surface area contributed by atoms with E-state index in [0.29, 0.717) is 28.1 Å². The summed E-state index contributed by atoms with van der Waals surface area (Å²) in [5.74, 6) is 0.461. The molecule has 4 heterocycles. The van der Waals surface area contributed by atoms with E-state index < -0.39 is 0 Å². The topological polar surface area (TPSA) is 78.0 Å². The number of benzene rings is 2. The number of ketones is 1. The van der Waals surface area contributed by atoms with E-state index in [1.807, 2.05) is 54.9 Å². The van der Waals surface area contributed by atoms with Crippen molar-refractivity contribution in [2.45, 2.75) is 13.3 Å². The van der Waals surface area contributed by atoms with Crippen LogP contribution in [0.5, 0.6) is 0 Å². The first kappa shape index (κ1) is 21.8. The number of carbonyl (C=O) groups is 1. The minimum Gasteiger partial charge on any atom is -0.330 e. The van der Waals surface area contributed by atoms with E-state index in [0.717, 1.165) is 28.2 Å². The summed E-state index contributed by atoms with van der Waals surface area (Å²) >= 11 is 0. The predicted molar refractivity (Wildman–Crippen MR) is 135 cm³/mol. The van der Waals surface area contributed by atoms with Crippen molar-refractivity contribution < 1.29 is 9.18 Å². The molecule has 0 fully saturated rings. The lowest BCUT2D eigenvalue weighted by Crippen LogP contribution is -2.05. The molecular formula is C28H21FN6O. The molecule has 36 heavy (non-hydrogen) atoms. The van der Waals surface area contributed by atoms with Gasteiger partial charge in [-0.25, -0.2) is 18.9 Å². The smallest absolute Gasteiger partial charge is 0.171 e. The molecule has 0 amide bonds. The van der Waals surface area contributed by atoms with E-state index in [-0.39, 0.29) is 18.0 Å². The highest BCUT2D eigenvalue weighted by atomic mass is 19.1. The molecule has 0 atom stereocenters. The quantitative estimate of drug-likeness (QED) is 0.319. The van der Waals surface area contributed by atoms with Crippen LogP contribution in [0.4, 0.5) is 4.39 Å². The van der Waals surface area contributed by atoms with Crippen LogP contribution in [0.25, 0.3) is 39.2 Å². The maximum Gasteiger partial charge on any atom is 0.171 e. The summed E-state index contributed by atoms with van der Waals surface area (Å²) < 4.78 is 17.1. The highest BCUT2D eigenvalue weighted by Crippen LogP contribution is 2.31. The lowest BCUT2D eigenvalue weighted by molar-refractivity contribution is 0.0993. The van der Waals surface area contributed by atoms with E-state index in [4.69, 9.17) is 10.1 Å². The Kier molecular flexibility index (Phi) is 5.14. The van der Waals surface area contributed by atoms with Crippen molar-refractivity contribution in [1.82, 2.24) is 29.1 Å². The van der Waals surface area contributed by atoms with Gasteiger partial charge in [0.2, 0.25) is 0 Å². The first-order valence-electron chi connectivity index (χ1n) is 11.5. The number of imidazole rings is 2. The Labute approximate surface area is 205 Å². The van der Waals surface area contributed by atoms with Crippen LogP contribution in [-0.2, 0) is 13.5 Å². The molecule has 0 N–H and O–H groups in total. The molecule has 0 saturated carbocycles. The fourth-order valence-corrected chi connectivity index (χ4v) is 4.44. The molecule has 2 aromatic carbocycles. The van der Waals surface area contributed by atoms with E-state index in [9.17, 15) is 9.18 Å². The Morgan fingerprint density at radius 1 is 0.972 bits per heavy atom. The van der Waals surface area contributed by atoms with Crippen molar-refractivity contribution in [2.75, 3.05) is 0 Å². The number of pyridine rings is 1. The summed E-state index contributed by atoms with van der Waals surface area (Å²) in [5.41, 5.74) is 5.56. The molecule has 8 heteroatoms. The van der Waals surface area contributed by atoms with Gasteiger partial charge < -0.3 is 4.57 Å². The summed E-state index contributed by atoms with van der Waals surface area (Å²) in [6.45, 7) is 1.91. The molecule has 6 rings (SSSR count). The molecule has 4 aromatic heterocycles. The highest BCUT2D eigenvalue weighted by Gasteiger charge is 2.19. The number of aryl methyl sites for hydroxylation is 1. The van der Waals surface area contributed by atoms with Crippen LogP contribution in [0.3, 0.4) is 0 Å². The molecule has 176 valence electrons. The summed E-state index contributed by atoms with van der Waals surface area (Å²) in [4.78, 5) is 26.8. The van der Waals surface area contributed by atoms with Crippen LogP contribution in [-0.4, -0.2) is 34.9 Å². The van der Waals surface area contributed by atoms with Gasteiger partial charge in [0.05, 0.1) is 35.2 Å². The number of hydrogen-bond acceptors (Lipinski definition) is 5. The maximum absolute atomic E-state index is 13.5. The molecule has 0 unspecified atom stereocenters. The Bertz CT molecular complexity index is 1760. The summed E-state index contributed by atoms with van der Waals surface area (Å²) in [6, 6.07) is 19.4. The van der Waals surface area contributed by atoms with Gasteiger partial charge in [0.15, 0.2) is 11.4 Å². The lowest BCUT2D eigenvalue weighted by atomic mass is 10.0. The van der Waals surface area contributed by atoms with Gasteiger partial charge in [-0.3, -0.25) is 9.78 Å². The standard InChI is InChI=1S/C28H21FN6O/c1-17-31-27(19-8-10-20(29)11-9-19)28(34(17)2)23-12-13-25-32-21(16-35(25)33-23)15-24(36)22-7-3-5-18-6-4-14-30-26(18)22/h3-14,16H,15H2,1-2H3. The second-order valence-electron chi connectivity index (χ2n) is 8.66. The Hall–Kier alpha value is -4.72. The monoisotopic (exact) mass is 476 g/mol. The second kappa shape index (κ2) is 8.49. The fraction of sp³-hybridized carbons (Fsp3) is 0.107. The number of fused-ring (bicyclic) bond motifs is 2. The van der Waals surface area contributed by atoms with E-state index in [1.165, 1.54) is 12.1 Å². The minimum atomic E-state index is -0.299. The summed E-state index contributed by atoms with van der Waals surface area (Å²) in [5, 5.41) is 5.69. The number of rotatable bonds is 5. The van der Waals surface area contributed by atoms with Crippen molar-refractivity contribution in [1.29, 1.82) is 0 Å². The van der Waals surface area contributed by atoms with Gasteiger partial charge in [-0.1, -0.05) is 18.2 Å². The number of hydrogen-bond donors (Lipinski definition) is 0. The molecule has 0 aliphatic carbocycles. The van der Waals surface area contributed by atoms with Gasteiger partial charge in [-0.2, -0.15) is 5.10 Å². The molecular weight excluding hydrogens is 455 g/mol. The van der Waals surface area contributed by atoms with E-state index in [2.05, 4.69) is 9.97 Å². The van der Waals surface area contributed by atoms with Crippen LogP contribution in [0.1, 0.15) is 21.9 Å². The summed E-state index contributed by atoms with van der Waals surface area (Å²) in [6.07, 6.45) is 3.60. The third-order valence-corrected chi connectivity index (χ3v) is 6.32. The fourth-order valence-electron chi connectivity index (χ4n) is 4.44. The van der Waals surface area contributed by atoms with Crippen molar-refractivity contribution in [2.24, 2.45) is 7.05 Å². The van der Waals surface area contributed by atoms with Crippen LogP contribution < -0.4 is 0 Å². The highest BCUT2D eigenvalue weighted by molar-refractivity contribution is 6.07. The van der Waals surface area contributed by atoms with Crippen LogP contribution >= 0.6 is 0 Å². The van der Waals surface area contributed by atoms with E-state index in [1.54, 1.807) is 35.1 Å². The molecule has 0 radical (unpaired) electrons. The average Bonchev–Trinajstić information content (AvgIpc) is 3.43. The number of para-hydroxylation sites is 1. The van der Waals surface area contributed by atoms with Gasteiger partial charge in [0.25, 0.3) is 0 Å². The summed E-state index contributed by atoms with van der Waals surface area (Å²) in [7, 11) is 1.92. The first-order valence-corrected chi connectivity index (χ1v) is 11.5. The van der Waals surface area contributed by atoms with Crippen LogP contribution in [0, 0.1) is 12.7 Å². The van der Waals surface area contributed by atoms with Crippen molar-refractivity contribution in [3.05, 3.63) is 102 Å². The maximum atomic E-state index is 13.5. The van der Waals surface area contributed by atoms with Crippen molar-refractivity contribution in [3.63, 3.8) is 0 Å². The molecule has 0 aliphatic heterocycles. The molecule has 0 saturated heterocycles. The van der Waals surface area contributed by atoms with Gasteiger partial charge in [-0.15, -0.1) is 0 Å². The zero-order valence-electron chi connectivity index (χ0n) is 19.7. The normalized spacial score (nSPS) is 11.4.